The van der Waals surface area contributed by atoms with Crippen molar-refractivity contribution in [1.82, 2.24) is 14.7 Å². The van der Waals surface area contributed by atoms with Crippen LogP contribution in [0.15, 0.2) is 84.1 Å². The van der Waals surface area contributed by atoms with Gasteiger partial charge in [-0.2, -0.15) is 0 Å². The second kappa shape index (κ2) is 12.9. The fraction of sp³-hybridized carbons (Fsp3) is 0.343. The minimum Gasteiger partial charge on any atom is -0.463 e. The molecule has 9 heteroatoms. The van der Waals surface area contributed by atoms with E-state index in [-0.39, 0.29) is 44.1 Å². The van der Waals surface area contributed by atoms with E-state index in [2.05, 4.69) is 11.0 Å². The molecule has 1 atom stereocenters. The van der Waals surface area contributed by atoms with Gasteiger partial charge in [-0.25, -0.2) is 4.79 Å². The number of fused-ring (bicyclic) bond motifs is 1. The van der Waals surface area contributed by atoms with Crippen LogP contribution in [0.25, 0.3) is 0 Å². The summed E-state index contributed by atoms with van der Waals surface area (Å²) in [5.41, 5.74) is 4.57. The van der Waals surface area contributed by atoms with Crippen LogP contribution in [-0.4, -0.2) is 72.1 Å². The van der Waals surface area contributed by atoms with Crippen LogP contribution in [-0.2, 0) is 27.4 Å². The number of allylic oxidation sites excluding steroid dienone is 1. The number of carbonyl (C=O) groups excluding carboxylic acids is 3. The van der Waals surface area contributed by atoms with Crippen LogP contribution in [0.4, 0.5) is 0 Å². The lowest BCUT2D eigenvalue weighted by atomic mass is 9.83. The molecule has 0 aromatic heterocycles. The molecule has 6 rings (SSSR count). The maximum atomic E-state index is 13.5. The van der Waals surface area contributed by atoms with Crippen LogP contribution in [0.5, 0.6) is 11.5 Å². The molecule has 3 aromatic rings. The van der Waals surface area contributed by atoms with Crippen molar-refractivity contribution in [3.05, 3.63) is 106 Å². The first-order valence-electron chi connectivity index (χ1n) is 15.1. The van der Waals surface area contributed by atoms with Crippen molar-refractivity contribution in [2.75, 3.05) is 39.6 Å². The number of hydrogen-bond donors (Lipinski definition) is 0. The molecule has 3 heterocycles. The molecule has 0 spiro atoms. The molecule has 0 radical (unpaired) electrons. The van der Waals surface area contributed by atoms with Crippen LogP contribution in [0, 0.1) is 0 Å². The summed E-state index contributed by atoms with van der Waals surface area (Å²) in [4.78, 5) is 45.9. The molecular formula is C35H37N3O6. The predicted molar refractivity (Wildman–Crippen MR) is 164 cm³/mol. The van der Waals surface area contributed by atoms with Gasteiger partial charge in [0.1, 0.15) is 0 Å². The Morgan fingerprint density at radius 1 is 0.864 bits per heavy atom. The van der Waals surface area contributed by atoms with Gasteiger partial charge in [0.2, 0.25) is 12.7 Å². The van der Waals surface area contributed by atoms with Gasteiger partial charge in [-0.05, 0) is 54.8 Å². The molecule has 0 aliphatic carbocycles. The Kier molecular flexibility index (Phi) is 8.65. The first-order chi connectivity index (χ1) is 21.4. The second-order valence-corrected chi connectivity index (χ2v) is 11.3. The summed E-state index contributed by atoms with van der Waals surface area (Å²) in [5, 5.41) is 0. The molecule has 9 nitrogen and oxygen atoms in total. The second-order valence-electron chi connectivity index (χ2n) is 11.3. The Labute approximate surface area is 257 Å². The topological polar surface area (TPSA) is 88.6 Å². The molecule has 3 aliphatic heterocycles. The lowest BCUT2D eigenvalue weighted by molar-refractivity contribution is -0.140. The summed E-state index contributed by atoms with van der Waals surface area (Å²) < 4.78 is 16.3. The van der Waals surface area contributed by atoms with Crippen LogP contribution < -0.4 is 9.47 Å². The quantitative estimate of drug-likeness (QED) is 0.348. The Hall–Kier alpha value is -4.63. The fourth-order valence-electron chi connectivity index (χ4n) is 6.22. The average molecular weight is 596 g/mol. The maximum Gasteiger partial charge on any atom is 0.336 e. The van der Waals surface area contributed by atoms with E-state index < -0.39 is 5.97 Å². The number of nitrogens with zero attached hydrogens (tertiary/aromatic N) is 3. The lowest BCUT2D eigenvalue weighted by Gasteiger charge is -2.35. The standard InChI is InChI=1S/C35H37N3O6/c1-3-42-35(41)33-24(2)38(32(39)20-29(33)27-9-5-4-6-10-27)22-25-8-7-11-28(18-25)34(40)37-16-14-36(15-17-37)21-26-12-13-30-31(19-26)44-23-43-30/h4-13,18-19,29H,3,14-17,20-23H2,1-2H3. The lowest BCUT2D eigenvalue weighted by Crippen LogP contribution is -2.48. The van der Waals surface area contributed by atoms with Crippen molar-refractivity contribution in [3.63, 3.8) is 0 Å². The van der Waals surface area contributed by atoms with Crippen LogP contribution in [0.1, 0.15) is 53.2 Å². The number of carbonyl (C=O) groups is 3. The van der Waals surface area contributed by atoms with Gasteiger partial charge in [0.25, 0.3) is 5.91 Å². The predicted octanol–water partition coefficient (Wildman–Crippen LogP) is 4.73. The van der Waals surface area contributed by atoms with E-state index in [1.165, 1.54) is 0 Å². The molecule has 3 aromatic carbocycles. The molecule has 1 saturated heterocycles. The molecule has 1 unspecified atom stereocenters. The van der Waals surface area contributed by atoms with Gasteiger partial charge in [0.05, 0.1) is 18.7 Å². The summed E-state index contributed by atoms with van der Waals surface area (Å²) in [6, 6.07) is 23.1. The molecular weight excluding hydrogens is 558 g/mol. The number of piperazine rings is 1. The van der Waals surface area contributed by atoms with E-state index in [0.29, 0.717) is 29.9 Å². The molecule has 2 amide bonds. The highest BCUT2D eigenvalue weighted by Gasteiger charge is 2.37. The number of ether oxygens (including phenoxy) is 3. The summed E-state index contributed by atoms with van der Waals surface area (Å²) in [7, 11) is 0. The monoisotopic (exact) mass is 595 g/mol. The number of esters is 1. The highest BCUT2D eigenvalue weighted by atomic mass is 16.7. The third kappa shape index (κ3) is 6.19. The van der Waals surface area contributed by atoms with Gasteiger partial charge in [-0.15, -0.1) is 0 Å². The number of hydrogen-bond acceptors (Lipinski definition) is 7. The van der Waals surface area contributed by atoms with E-state index >= 15 is 0 Å². The average Bonchev–Trinajstić information content (AvgIpc) is 3.51. The Morgan fingerprint density at radius 3 is 2.39 bits per heavy atom. The van der Waals surface area contributed by atoms with E-state index in [1.807, 2.05) is 71.6 Å². The van der Waals surface area contributed by atoms with E-state index in [1.54, 1.807) is 18.7 Å². The highest BCUT2D eigenvalue weighted by molar-refractivity contribution is 5.96. The zero-order valence-corrected chi connectivity index (χ0v) is 25.2. The first-order valence-corrected chi connectivity index (χ1v) is 15.1. The third-order valence-electron chi connectivity index (χ3n) is 8.54. The van der Waals surface area contributed by atoms with Crippen molar-refractivity contribution in [1.29, 1.82) is 0 Å². The molecule has 0 saturated carbocycles. The van der Waals surface area contributed by atoms with Crippen LogP contribution in [0.3, 0.4) is 0 Å². The minimum atomic E-state index is -0.405. The molecule has 0 bridgehead atoms. The van der Waals surface area contributed by atoms with Gasteiger partial charge in [0, 0.05) is 56.3 Å². The summed E-state index contributed by atoms with van der Waals surface area (Å²) in [5.74, 6) is 0.691. The Bertz CT molecular complexity index is 1580. The molecule has 44 heavy (non-hydrogen) atoms. The fourth-order valence-corrected chi connectivity index (χ4v) is 6.22. The smallest absolute Gasteiger partial charge is 0.336 e. The summed E-state index contributed by atoms with van der Waals surface area (Å²) in [6.07, 6.45) is 0.171. The van der Waals surface area contributed by atoms with E-state index in [0.717, 1.165) is 47.8 Å². The van der Waals surface area contributed by atoms with Crippen molar-refractivity contribution >= 4 is 17.8 Å². The molecule has 1 fully saturated rings. The maximum absolute atomic E-state index is 13.5. The highest BCUT2D eigenvalue weighted by Crippen LogP contribution is 2.38. The van der Waals surface area contributed by atoms with Gasteiger partial charge < -0.3 is 24.0 Å². The SMILES string of the molecule is CCOC(=O)C1=C(C)N(Cc2cccc(C(=O)N3CCN(Cc4ccc5c(c4)OCO5)CC3)c2)C(=O)CC1c1ccccc1. The largest absolute Gasteiger partial charge is 0.463 e. The van der Waals surface area contributed by atoms with Gasteiger partial charge in [-0.3, -0.25) is 14.5 Å². The van der Waals surface area contributed by atoms with Crippen molar-refractivity contribution < 1.29 is 28.6 Å². The van der Waals surface area contributed by atoms with Crippen molar-refractivity contribution in [3.8, 4) is 11.5 Å². The first kappa shape index (κ1) is 29.4. The van der Waals surface area contributed by atoms with Crippen molar-refractivity contribution in [2.24, 2.45) is 0 Å². The van der Waals surface area contributed by atoms with Gasteiger partial charge in [-0.1, -0.05) is 48.5 Å². The molecule has 3 aliphatic rings. The zero-order valence-electron chi connectivity index (χ0n) is 25.2. The number of rotatable bonds is 8. The summed E-state index contributed by atoms with van der Waals surface area (Å²) >= 11 is 0. The number of benzene rings is 3. The zero-order chi connectivity index (χ0) is 30.6. The molecule has 228 valence electrons. The molecule has 0 N–H and O–H groups in total. The van der Waals surface area contributed by atoms with Crippen LogP contribution >= 0.6 is 0 Å². The van der Waals surface area contributed by atoms with Crippen molar-refractivity contribution in [2.45, 2.75) is 39.3 Å². The third-order valence-corrected chi connectivity index (χ3v) is 8.54. The van der Waals surface area contributed by atoms with Crippen LogP contribution in [0.2, 0.25) is 0 Å². The number of amides is 2. The minimum absolute atomic E-state index is 0.0248. The Balaban J connectivity index is 1.13. The normalized spacial score (nSPS) is 18.5. The van der Waals surface area contributed by atoms with Gasteiger partial charge in [0.15, 0.2) is 11.5 Å². The Morgan fingerprint density at radius 2 is 1.61 bits per heavy atom. The van der Waals surface area contributed by atoms with E-state index in [9.17, 15) is 14.4 Å². The van der Waals surface area contributed by atoms with E-state index in [4.69, 9.17) is 14.2 Å². The summed E-state index contributed by atoms with van der Waals surface area (Å²) in [6.45, 7) is 7.93. The van der Waals surface area contributed by atoms with Gasteiger partial charge >= 0.3 is 5.97 Å².